The van der Waals surface area contributed by atoms with Crippen LogP contribution in [0.15, 0.2) is 176 Å². The lowest BCUT2D eigenvalue weighted by atomic mass is 9.67. The van der Waals surface area contributed by atoms with Crippen molar-refractivity contribution in [3.63, 3.8) is 0 Å². The summed E-state index contributed by atoms with van der Waals surface area (Å²) >= 11 is 1.72. The van der Waals surface area contributed by atoms with E-state index in [0.717, 1.165) is 27.0 Å². The molecule has 9 aromatic rings. The minimum atomic E-state index is -0.507. The van der Waals surface area contributed by atoms with Crippen LogP contribution in [-0.2, 0) is 5.41 Å². The van der Waals surface area contributed by atoms with Crippen LogP contribution >= 0.6 is 11.3 Å². The number of rotatable bonds is 5. The molecule has 1 aliphatic rings. The first kappa shape index (κ1) is 28.8. The molecule has 2 aromatic heterocycles. The molecule has 2 heterocycles. The Morgan fingerprint density at radius 3 is 1.78 bits per heavy atom. The summed E-state index contributed by atoms with van der Waals surface area (Å²) in [5.41, 5.74) is 8.75. The molecular formula is C46H29N3S. The average molecular weight is 656 g/mol. The lowest BCUT2D eigenvalue weighted by Gasteiger charge is -2.33. The van der Waals surface area contributed by atoms with E-state index in [-0.39, 0.29) is 0 Å². The lowest BCUT2D eigenvalue weighted by molar-refractivity contribution is 0.768. The van der Waals surface area contributed by atoms with Crippen LogP contribution in [0.5, 0.6) is 0 Å². The Balaban J connectivity index is 1.26. The molecule has 0 amide bonds. The summed E-state index contributed by atoms with van der Waals surface area (Å²) in [7, 11) is 0. The maximum absolute atomic E-state index is 5.29. The van der Waals surface area contributed by atoms with Crippen molar-refractivity contribution in [2.45, 2.75) is 5.41 Å². The Kier molecular flexibility index (Phi) is 6.58. The standard InChI is InChI=1S/C46H29N3S/c1-3-17-34(18-4-1)46(35-19-5-2-6-20-35)38-23-11-10-21-36(38)42-37(22-13-24-39(42)46)44-47-43(33-27-26-30-14-7-8-15-31(30)28-33)48-45(49-44)41-29-32-16-9-12-25-40(32)50-41/h1-29H. The van der Waals surface area contributed by atoms with Crippen LogP contribution in [0.2, 0.25) is 0 Å². The van der Waals surface area contributed by atoms with E-state index in [2.05, 4.69) is 176 Å². The number of thiophene rings is 1. The second kappa shape index (κ2) is 11.4. The molecule has 50 heavy (non-hydrogen) atoms. The van der Waals surface area contributed by atoms with E-state index in [1.807, 2.05) is 0 Å². The topological polar surface area (TPSA) is 38.7 Å². The molecule has 0 aliphatic heterocycles. The third-order valence-electron chi connectivity index (χ3n) is 10.0. The van der Waals surface area contributed by atoms with Crippen molar-refractivity contribution in [3.05, 3.63) is 198 Å². The van der Waals surface area contributed by atoms with Crippen molar-refractivity contribution in [2.75, 3.05) is 0 Å². The quantitative estimate of drug-likeness (QED) is 0.185. The minimum Gasteiger partial charge on any atom is -0.208 e. The van der Waals surface area contributed by atoms with Gasteiger partial charge in [0.25, 0.3) is 0 Å². The van der Waals surface area contributed by atoms with Gasteiger partial charge in [-0.15, -0.1) is 11.3 Å². The van der Waals surface area contributed by atoms with Crippen molar-refractivity contribution in [1.29, 1.82) is 0 Å². The van der Waals surface area contributed by atoms with Crippen molar-refractivity contribution in [1.82, 2.24) is 15.0 Å². The van der Waals surface area contributed by atoms with Gasteiger partial charge in [0, 0.05) is 15.8 Å². The van der Waals surface area contributed by atoms with Crippen molar-refractivity contribution in [2.24, 2.45) is 0 Å². The van der Waals surface area contributed by atoms with Gasteiger partial charge in [0.2, 0.25) is 0 Å². The highest BCUT2D eigenvalue weighted by atomic mass is 32.1. The SMILES string of the molecule is c1ccc(C2(c3ccccc3)c3ccccc3-c3c(-c4nc(-c5ccc6ccccc6c5)nc(-c5cc6ccccc6s5)n4)cccc32)cc1. The zero-order chi connectivity index (χ0) is 33.1. The Morgan fingerprint density at radius 2 is 1.00 bits per heavy atom. The predicted molar refractivity (Wildman–Crippen MR) is 206 cm³/mol. The van der Waals surface area contributed by atoms with Crippen LogP contribution in [0.1, 0.15) is 22.3 Å². The number of hydrogen-bond acceptors (Lipinski definition) is 4. The number of benzene rings is 7. The van der Waals surface area contributed by atoms with Crippen molar-refractivity contribution >= 4 is 32.2 Å². The number of fused-ring (bicyclic) bond motifs is 5. The predicted octanol–water partition coefficient (Wildman–Crippen LogP) is 11.6. The zero-order valence-corrected chi connectivity index (χ0v) is 27.8. The first-order valence-electron chi connectivity index (χ1n) is 16.9. The summed E-state index contributed by atoms with van der Waals surface area (Å²) in [6.45, 7) is 0. The molecule has 4 heteroatoms. The zero-order valence-electron chi connectivity index (χ0n) is 27.0. The number of aromatic nitrogens is 3. The van der Waals surface area contributed by atoms with Gasteiger partial charge in [-0.25, -0.2) is 15.0 Å². The minimum absolute atomic E-state index is 0.507. The summed E-state index contributed by atoms with van der Waals surface area (Å²) in [5.74, 6) is 2.01. The molecule has 0 saturated heterocycles. The van der Waals surface area contributed by atoms with Gasteiger partial charge in [-0.2, -0.15) is 0 Å². The Labute approximate surface area is 294 Å². The van der Waals surface area contributed by atoms with E-state index in [1.165, 1.54) is 43.3 Å². The summed E-state index contributed by atoms with van der Waals surface area (Å²) in [6.07, 6.45) is 0. The molecule has 0 atom stereocenters. The Morgan fingerprint density at radius 1 is 0.400 bits per heavy atom. The smallest absolute Gasteiger partial charge is 0.174 e. The third-order valence-corrected chi connectivity index (χ3v) is 11.1. The highest BCUT2D eigenvalue weighted by molar-refractivity contribution is 7.22. The highest BCUT2D eigenvalue weighted by Gasteiger charge is 2.47. The highest BCUT2D eigenvalue weighted by Crippen LogP contribution is 2.58. The van der Waals surface area contributed by atoms with Gasteiger partial charge in [0.1, 0.15) is 0 Å². The fourth-order valence-electron chi connectivity index (χ4n) is 7.84. The summed E-state index contributed by atoms with van der Waals surface area (Å²) < 4.78 is 1.21. The summed E-state index contributed by atoms with van der Waals surface area (Å²) in [4.78, 5) is 16.7. The lowest BCUT2D eigenvalue weighted by Crippen LogP contribution is -2.28. The van der Waals surface area contributed by atoms with E-state index >= 15 is 0 Å². The molecule has 7 aromatic carbocycles. The monoisotopic (exact) mass is 655 g/mol. The van der Waals surface area contributed by atoms with Crippen LogP contribution in [0.3, 0.4) is 0 Å². The molecular weight excluding hydrogens is 627 g/mol. The van der Waals surface area contributed by atoms with E-state index in [0.29, 0.717) is 17.5 Å². The molecule has 1 aliphatic carbocycles. The van der Waals surface area contributed by atoms with Crippen LogP contribution in [0.4, 0.5) is 0 Å². The summed E-state index contributed by atoms with van der Waals surface area (Å²) in [6, 6.07) is 62.8. The van der Waals surface area contributed by atoms with E-state index in [1.54, 1.807) is 11.3 Å². The van der Waals surface area contributed by atoms with Crippen LogP contribution < -0.4 is 0 Å². The van der Waals surface area contributed by atoms with E-state index in [9.17, 15) is 0 Å². The molecule has 0 N–H and O–H groups in total. The fourth-order valence-corrected chi connectivity index (χ4v) is 8.83. The van der Waals surface area contributed by atoms with Crippen LogP contribution in [-0.4, -0.2) is 15.0 Å². The third kappa shape index (κ3) is 4.39. The van der Waals surface area contributed by atoms with E-state index < -0.39 is 5.41 Å². The van der Waals surface area contributed by atoms with Gasteiger partial charge in [-0.3, -0.25) is 0 Å². The molecule has 3 nitrogen and oxygen atoms in total. The van der Waals surface area contributed by atoms with Gasteiger partial charge < -0.3 is 0 Å². The maximum atomic E-state index is 5.29. The Bertz CT molecular complexity index is 2640. The normalized spacial score (nSPS) is 13.0. The molecule has 10 rings (SSSR count). The van der Waals surface area contributed by atoms with Crippen molar-refractivity contribution in [3.8, 4) is 44.6 Å². The van der Waals surface area contributed by atoms with Gasteiger partial charge >= 0.3 is 0 Å². The van der Waals surface area contributed by atoms with Gasteiger partial charge in [0.15, 0.2) is 17.5 Å². The molecule has 234 valence electrons. The van der Waals surface area contributed by atoms with Crippen LogP contribution in [0.25, 0.3) is 65.5 Å². The molecule has 0 unspecified atom stereocenters. The van der Waals surface area contributed by atoms with Gasteiger partial charge in [-0.05, 0) is 67.7 Å². The largest absolute Gasteiger partial charge is 0.208 e. The molecule has 0 bridgehead atoms. The second-order valence-electron chi connectivity index (χ2n) is 12.8. The van der Waals surface area contributed by atoms with E-state index in [4.69, 9.17) is 15.0 Å². The second-order valence-corrected chi connectivity index (χ2v) is 13.9. The Hall–Kier alpha value is -6.23. The molecule has 0 radical (unpaired) electrons. The van der Waals surface area contributed by atoms with Crippen molar-refractivity contribution < 1.29 is 0 Å². The van der Waals surface area contributed by atoms with Gasteiger partial charge in [0.05, 0.1) is 10.3 Å². The van der Waals surface area contributed by atoms with Gasteiger partial charge in [-0.1, -0.05) is 158 Å². The van der Waals surface area contributed by atoms with Crippen LogP contribution in [0, 0.1) is 0 Å². The average Bonchev–Trinajstić information content (AvgIpc) is 3.77. The maximum Gasteiger partial charge on any atom is 0.174 e. The molecule has 0 fully saturated rings. The molecule has 0 spiro atoms. The molecule has 0 saturated carbocycles. The number of nitrogens with zero attached hydrogens (tertiary/aromatic N) is 3. The first-order chi connectivity index (χ1) is 24.8. The fraction of sp³-hybridized carbons (Fsp3) is 0.0217. The summed E-state index contributed by atoms with van der Waals surface area (Å²) in [5, 5.41) is 3.53. The number of hydrogen-bond donors (Lipinski definition) is 0. The first-order valence-corrected chi connectivity index (χ1v) is 17.7.